The standard InChI is InChI=1S/C10H10NO/c1-2-7-11-8-9-5-3-4-6-10(9)12/h2-6,12H,1,8H2. The molecule has 0 atom stereocenters. The van der Waals surface area contributed by atoms with Gasteiger partial charge in [0.15, 0.2) is 0 Å². The quantitative estimate of drug-likeness (QED) is 0.674. The van der Waals surface area contributed by atoms with Gasteiger partial charge in [-0.15, -0.1) is 0 Å². The third kappa shape index (κ3) is 2.23. The Kier molecular flexibility index (Phi) is 3.08. The molecular formula is C10H10NO. The molecule has 0 bridgehead atoms. The largest absolute Gasteiger partial charge is 0.508 e. The van der Waals surface area contributed by atoms with E-state index in [0.29, 0.717) is 6.54 Å². The first kappa shape index (κ1) is 8.53. The number of hydrogen-bond donors (Lipinski definition) is 1. The Balaban J connectivity index is 2.69. The number of phenols is 1. The molecule has 0 aliphatic heterocycles. The number of aromatic hydroxyl groups is 1. The molecule has 0 saturated carbocycles. The number of hydrogen-bond acceptors (Lipinski definition) is 2. The summed E-state index contributed by atoms with van der Waals surface area (Å²) in [5.74, 6) is 0.270. The smallest absolute Gasteiger partial charge is 0.120 e. The fourth-order valence-electron chi connectivity index (χ4n) is 0.840. The van der Waals surface area contributed by atoms with Crippen LogP contribution < -0.4 is 0 Å². The Labute approximate surface area is 71.9 Å². The van der Waals surface area contributed by atoms with Crippen LogP contribution in [-0.4, -0.2) is 11.3 Å². The van der Waals surface area contributed by atoms with Gasteiger partial charge in [0.2, 0.25) is 0 Å². The number of benzene rings is 1. The fourth-order valence-corrected chi connectivity index (χ4v) is 0.840. The molecule has 0 amide bonds. The van der Waals surface area contributed by atoms with Gasteiger partial charge in [0.25, 0.3) is 0 Å². The van der Waals surface area contributed by atoms with E-state index in [0.717, 1.165) is 5.56 Å². The van der Waals surface area contributed by atoms with Crippen LogP contribution in [0.15, 0.2) is 41.9 Å². The van der Waals surface area contributed by atoms with Crippen molar-refractivity contribution in [2.75, 3.05) is 0 Å². The van der Waals surface area contributed by atoms with Crippen LogP contribution in [0.2, 0.25) is 0 Å². The first-order valence-electron chi connectivity index (χ1n) is 3.64. The van der Waals surface area contributed by atoms with Crippen LogP contribution in [-0.2, 0) is 6.54 Å². The molecule has 1 N–H and O–H groups in total. The van der Waals surface area contributed by atoms with Gasteiger partial charge in [0, 0.05) is 5.56 Å². The summed E-state index contributed by atoms with van der Waals surface area (Å²) in [5.41, 5.74) is 0.798. The highest BCUT2D eigenvalue weighted by molar-refractivity contribution is 5.70. The van der Waals surface area contributed by atoms with Gasteiger partial charge in [-0.2, -0.15) is 0 Å². The van der Waals surface area contributed by atoms with E-state index in [-0.39, 0.29) is 5.75 Å². The van der Waals surface area contributed by atoms with Crippen LogP contribution in [0.5, 0.6) is 5.75 Å². The molecule has 1 rings (SSSR count). The molecule has 0 unspecified atom stereocenters. The Bertz CT molecular complexity index is 292. The zero-order chi connectivity index (χ0) is 8.81. The van der Waals surface area contributed by atoms with E-state index in [4.69, 9.17) is 0 Å². The maximum absolute atomic E-state index is 9.30. The van der Waals surface area contributed by atoms with E-state index in [9.17, 15) is 5.11 Å². The summed E-state index contributed by atoms with van der Waals surface area (Å²) in [5, 5.41) is 9.30. The molecule has 2 nitrogen and oxygen atoms in total. The van der Waals surface area contributed by atoms with E-state index in [2.05, 4.69) is 17.8 Å². The van der Waals surface area contributed by atoms with E-state index in [1.54, 1.807) is 12.1 Å². The van der Waals surface area contributed by atoms with Crippen LogP contribution in [0.25, 0.3) is 0 Å². The zero-order valence-electron chi connectivity index (χ0n) is 6.70. The topological polar surface area (TPSA) is 32.6 Å². The Morgan fingerprint density at radius 1 is 1.50 bits per heavy atom. The Hall–Kier alpha value is -1.57. The molecule has 1 aromatic rings. The van der Waals surface area contributed by atoms with Gasteiger partial charge in [0.1, 0.15) is 5.75 Å². The Morgan fingerprint density at radius 2 is 2.25 bits per heavy atom. The molecule has 0 fully saturated rings. The van der Waals surface area contributed by atoms with Gasteiger partial charge in [-0.1, -0.05) is 24.8 Å². The molecule has 1 radical (unpaired) electrons. The fraction of sp³-hybridized carbons (Fsp3) is 0.100. The predicted molar refractivity (Wildman–Crippen MR) is 49.4 cm³/mol. The van der Waals surface area contributed by atoms with Crippen molar-refractivity contribution in [1.82, 2.24) is 0 Å². The van der Waals surface area contributed by atoms with Gasteiger partial charge in [0.05, 0.1) is 12.8 Å². The van der Waals surface area contributed by atoms with E-state index >= 15 is 0 Å². The normalized spacial score (nSPS) is 10.3. The minimum Gasteiger partial charge on any atom is -0.508 e. The molecule has 0 spiro atoms. The molecule has 0 aromatic heterocycles. The number of allylic oxidation sites excluding steroid dienone is 1. The zero-order valence-corrected chi connectivity index (χ0v) is 6.70. The van der Waals surface area contributed by atoms with Gasteiger partial charge < -0.3 is 5.11 Å². The van der Waals surface area contributed by atoms with E-state index in [1.165, 1.54) is 6.08 Å². The molecule has 0 saturated heterocycles. The van der Waals surface area contributed by atoms with Crippen LogP contribution >= 0.6 is 0 Å². The molecular weight excluding hydrogens is 150 g/mol. The van der Waals surface area contributed by atoms with Crippen molar-refractivity contribution in [3.63, 3.8) is 0 Å². The summed E-state index contributed by atoms with van der Waals surface area (Å²) in [6.45, 7) is 3.89. The third-order valence-electron chi connectivity index (χ3n) is 1.42. The average molecular weight is 160 g/mol. The SMILES string of the molecule is C=C[C]=NCc1ccccc1O. The second kappa shape index (κ2) is 4.34. The van der Waals surface area contributed by atoms with E-state index < -0.39 is 0 Å². The second-order valence-electron chi connectivity index (χ2n) is 2.28. The first-order valence-corrected chi connectivity index (χ1v) is 3.64. The summed E-state index contributed by atoms with van der Waals surface area (Å²) in [4.78, 5) is 3.89. The lowest BCUT2D eigenvalue weighted by atomic mass is 10.2. The molecule has 2 heteroatoms. The van der Waals surface area contributed by atoms with Gasteiger partial charge >= 0.3 is 0 Å². The number of para-hydroxylation sites is 1. The molecule has 0 aliphatic rings. The second-order valence-corrected chi connectivity index (χ2v) is 2.28. The highest BCUT2D eigenvalue weighted by Gasteiger charge is 1.95. The maximum Gasteiger partial charge on any atom is 0.120 e. The molecule has 0 heterocycles. The van der Waals surface area contributed by atoms with Crippen molar-refractivity contribution < 1.29 is 5.11 Å². The van der Waals surface area contributed by atoms with Crippen LogP contribution in [0.3, 0.4) is 0 Å². The van der Waals surface area contributed by atoms with Crippen molar-refractivity contribution in [3.8, 4) is 5.75 Å². The minimum absolute atomic E-state index is 0.270. The van der Waals surface area contributed by atoms with Crippen molar-refractivity contribution in [2.24, 2.45) is 4.99 Å². The molecule has 61 valence electrons. The number of aliphatic imine (C=N–C) groups is 1. The average Bonchev–Trinajstić information content (AvgIpc) is 2.09. The summed E-state index contributed by atoms with van der Waals surface area (Å²) < 4.78 is 0. The number of phenolic OH excluding ortho intramolecular Hbond substituents is 1. The summed E-state index contributed by atoms with van der Waals surface area (Å²) in [6, 6.07) is 7.10. The Morgan fingerprint density at radius 3 is 2.92 bits per heavy atom. The van der Waals surface area contributed by atoms with Crippen LogP contribution in [0.4, 0.5) is 0 Å². The summed E-state index contributed by atoms with van der Waals surface area (Å²) in [7, 11) is 0. The number of rotatable bonds is 3. The summed E-state index contributed by atoms with van der Waals surface area (Å²) in [6.07, 6.45) is 4.09. The number of nitrogens with zero attached hydrogens (tertiary/aromatic N) is 1. The highest BCUT2D eigenvalue weighted by atomic mass is 16.3. The lowest BCUT2D eigenvalue weighted by Crippen LogP contribution is -1.81. The lowest BCUT2D eigenvalue weighted by Gasteiger charge is -1.98. The van der Waals surface area contributed by atoms with Crippen molar-refractivity contribution in [1.29, 1.82) is 0 Å². The first-order chi connectivity index (χ1) is 5.84. The monoisotopic (exact) mass is 160 g/mol. The van der Waals surface area contributed by atoms with Crippen LogP contribution in [0, 0.1) is 0 Å². The van der Waals surface area contributed by atoms with Gasteiger partial charge in [-0.3, -0.25) is 4.99 Å². The van der Waals surface area contributed by atoms with Gasteiger partial charge in [-0.05, 0) is 12.1 Å². The van der Waals surface area contributed by atoms with Gasteiger partial charge in [-0.25, -0.2) is 0 Å². The highest BCUT2D eigenvalue weighted by Crippen LogP contribution is 2.15. The molecule has 1 aromatic carbocycles. The maximum atomic E-state index is 9.30. The van der Waals surface area contributed by atoms with Crippen molar-refractivity contribution in [2.45, 2.75) is 6.54 Å². The van der Waals surface area contributed by atoms with Crippen molar-refractivity contribution in [3.05, 3.63) is 42.5 Å². The van der Waals surface area contributed by atoms with Crippen molar-refractivity contribution >= 4 is 6.21 Å². The molecule has 0 aliphatic carbocycles. The predicted octanol–water partition coefficient (Wildman–Crippen LogP) is 2.03. The van der Waals surface area contributed by atoms with E-state index in [1.807, 2.05) is 12.1 Å². The third-order valence-corrected chi connectivity index (χ3v) is 1.42. The molecule has 12 heavy (non-hydrogen) atoms. The summed E-state index contributed by atoms with van der Waals surface area (Å²) >= 11 is 0. The lowest BCUT2D eigenvalue weighted by molar-refractivity contribution is 0.468. The van der Waals surface area contributed by atoms with Crippen LogP contribution in [0.1, 0.15) is 5.56 Å². The minimum atomic E-state index is 0.270.